The fourth-order valence-corrected chi connectivity index (χ4v) is 2.43. The first-order valence-corrected chi connectivity index (χ1v) is 7.46. The van der Waals surface area contributed by atoms with Crippen LogP contribution in [0, 0.1) is 0 Å². The van der Waals surface area contributed by atoms with Gasteiger partial charge in [-0.25, -0.2) is 4.98 Å². The minimum atomic E-state index is -0.114. The van der Waals surface area contributed by atoms with E-state index < -0.39 is 0 Å². The highest BCUT2D eigenvalue weighted by Crippen LogP contribution is 2.22. The molecule has 0 fully saturated rings. The molecular formula is C18H22N2O3. The van der Waals surface area contributed by atoms with Gasteiger partial charge in [0.1, 0.15) is 11.3 Å². The molecule has 0 aliphatic heterocycles. The van der Waals surface area contributed by atoms with Gasteiger partial charge in [-0.1, -0.05) is 18.2 Å². The van der Waals surface area contributed by atoms with Crippen LogP contribution in [0.25, 0.3) is 0 Å². The van der Waals surface area contributed by atoms with Crippen molar-refractivity contribution in [2.45, 2.75) is 19.4 Å². The Morgan fingerprint density at radius 2 is 1.91 bits per heavy atom. The fraction of sp³-hybridized carbons (Fsp3) is 0.333. The van der Waals surface area contributed by atoms with Crippen LogP contribution in [-0.4, -0.2) is 43.1 Å². The lowest BCUT2D eigenvalue weighted by molar-refractivity contribution is 0.0738. The van der Waals surface area contributed by atoms with E-state index >= 15 is 0 Å². The van der Waals surface area contributed by atoms with E-state index in [1.165, 1.54) is 7.11 Å². The number of carbonyl (C=O) groups is 1. The minimum absolute atomic E-state index is 0.00344. The highest BCUT2D eigenvalue weighted by Gasteiger charge is 2.22. The summed E-state index contributed by atoms with van der Waals surface area (Å²) in [5, 5.41) is 0. The summed E-state index contributed by atoms with van der Waals surface area (Å²) in [6, 6.07) is 11.3. The average molecular weight is 314 g/mol. The Morgan fingerprint density at radius 3 is 2.61 bits per heavy atom. The largest absolute Gasteiger partial charge is 0.496 e. The van der Waals surface area contributed by atoms with Gasteiger partial charge in [-0.15, -0.1) is 0 Å². The van der Waals surface area contributed by atoms with Crippen LogP contribution in [-0.2, 0) is 6.42 Å². The van der Waals surface area contributed by atoms with Gasteiger partial charge in [0.2, 0.25) is 5.88 Å². The molecule has 1 heterocycles. The molecule has 23 heavy (non-hydrogen) atoms. The number of benzene rings is 1. The number of para-hydroxylation sites is 1. The Balaban J connectivity index is 2.16. The van der Waals surface area contributed by atoms with Crippen molar-refractivity contribution in [2.75, 3.05) is 21.3 Å². The lowest BCUT2D eigenvalue weighted by Crippen LogP contribution is -2.36. The van der Waals surface area contributed by atoms with Crippen LogP contribution in [0.1, 0.15) is 22.8 Å². The van der Waals surface area contributed by atoms with Crippen LogP contribution in [0.3, 0.4) is 0 Å². The highest BCUT2D eigenvalue weighted by atomic mass is 16.5. The number of carbonyl (C=O) groups excluding carboxylic acids is 1. The summed E-state index contributed by atoms with van der Waals surface area (Å²) in [5.74, 6) is 1.06. The van der Waals surface area contributed by atoms with E-state index in [9.17, 15) is 4.79 Å². The summed E-state index contributed by atoms with van der Waals surface area (Å²) in [5.41, 5.74) is 1.53. The summed E-state index contributed by atoms with van der Waals surface area (Å²) in [6.07, 6.45) is 2.31. The van der Waals surface area contributed by atoms with Gasteiger partial charge in [0.15, 0.2) is 0 Å². The van der Waals surface area contributed by atoms with E-state index in [0.29, 0.717) is 17.9 Å². The van der Waals surface area contributed by atoms with Crippen LogP contribution < -0.4 is 9.47 Å². The topological polar surface area (TPSA) is 51.7 Å². The van der Waals surface area contributed by atoms with Crippen molar-refractivity contribution in [1.29, 1.82) is 0 Å². The minimum Gasteiger partial charge on any atom is -0.496 e. The van der Waals surface area contributed by atoms with Crippen molar-refractivity contribution in [3.8, 4) is 11.6 Å². The van der Waals surface area contributed by atoms with Gasteiger partial charge >= 0.3 is 0 Å². The van der Waals surface area contributed by atoms with Gasteiger partial charge in [-0.2, -0.15) is 0 Å². The Labute approximate surface area is 136 Å². The van der Waals surface area contributed by atoms with Gasteiger partial charge in [0, 0.05) is 19.3 Å². The zero-order chi connectivity index (χ0) is 16.8. The van der Waals surface area contributed by atoms with Crippen LogP contribution >= 0.6 is 0 Å². The Bertz CT molecular complexity index is 673. The van der Waals surface area contributed by atoms with Crippen molar-refractivity contribution in [3.63, 3.8) is 0 Å². The molecule has 0 aliphatic carbocycles. The summed E-state index contributed by atoms with van der Waals surface area (Å²) >= 11 is 0. The zero-order valence-electron chi connectivity index (χ0n) is 13.9. The zero-order valence-corrected chi connectivity index (χ0v) is 13.9. The lowest BCUT2D eigenvalue weighted by atomic mass is 10.0. The lowest BCUT2D eigenvalue weighted by Gasteiger charge is -2.26. The fourth-order valence-electron chi connectivity index (χ4n) is 2.43. The Morgan fingerprint density at radius 1 is 1.17 bits per heavy atom. The highest BCUT2D eigenvalue weighted by molar-refractivity contribution is 5.96. The summed E-state index contributed by atoms with van der Waals surface area (Å²) in [6.45, 7) is 2.01. The summed E-state index contributed by atoms with van der Waals surface area (Å²) < 4.78 is 10.5. The standard InChI is InChI=1S/C18H22N2O3/c1-13(12-14-8-5-6-10-16(14)22-3)20(2)18(21)15-9-7-11-19-17(15)23-4/h5-11,13H,12H2,1-4H3/t13-/m1/s1. The Hall–Kier alpha value is -2.56. The molecule has 1 aromatic heterocycles. The van der Waals surface area contributed by atoms with Crippen molar-refractivity contribution >= 4 is 5.91 Å². The number of hydrogen-bond acceptors (Lipinski definition) is 4. The predicted octanol–water partition coefficient (Wildman–Crippen LogP) is 2.80. The molecule has 1 aromatic carbocycles. The molecule has 0 bridgehead atoms. The second-order valence-electron chi connectivity index (χ2n) is 5.34. The monoisotopic (exact) mass is 314 g/mol. The van der Waals surface area contributed by atoms with Gasteiger partial charge < -0.3 is 14.4 Å². The number of pyridine rings is 1. The van der Waals surface area contributed by atoms with E-state index in [-0.39, 0.29) is 11.9 Å². The number of nitrogens with zero attached hydrogens (tertiary/aromatic N) is 2. The smallest absolute Gasteiger partial charge is 0.259 e. The molecule has 0 unspecified atom stereocenters. The third-order valence-corrected chi connectivity index (χ3v) is 3.88. The van der Waals surface area contributed by atoms with Gasteiger partial charge in [0.05, 0.1) is 14.2 Å². The number of amides is 1. The van der Waals surface area contributed by atoms with Crippen LogP contribution in [0.15, 0.2) is 42.6 Å². The third kappa shape index (κ3) is 3.80. The number of likely N-dealkylation sites (N-methyl/N-ethyl adjacent to an activating group) is 1. The molecule has 122 valence electrons. The summed E-state index contributed by atoms with van der Waals surface area (Å²) in [4.78, 5) is 18.5. The first-order chi connectivity index (χ1) is 11.1. The molecule has 2 aromatic rings. The SMILES string of the molecule is COc1ccccc1C[C@@H](C)N(C)C(=O)c1cccnc1OC. The second kappa shape index (κ2) is 7.63. The van der Waals surface area contributed by atoms with E-state index in [1.807, 2.05) is 31.2 Å². The first kappa shape index (κ1) is 16.8. The molecule has 5 heteroatoms. The van der Waals surface area contributed by atoms with Gasteiger partial charge in [-0.05, 0) is 37.1 Å². The molecule has 0 aliphatic rings. The van der Waals surface area contributed by atoms with Crippen LogP contribution in [0.2, 0.25) is 0 Å². The number of ether oxygens (including phenoxy) is 2. The molecule has 2 rings (SSSR count). The molecule has 1 amide bonds. The normalized spacial score (nSPS) is 11.7. The quantitative estimate of drug-likeness (QED) is 0.823. The van der Waals surface area contributed by atoms with Crippen molar-refractivity contribution in [3.05, 3.63) is 53.7 Å². The molecule has 0 N–H and O–H groups in total. The number of methoxy groups -OCH3 is 2. The Kier molecular flexibility index (Phi) is 5.57. The molecule has 0 saturated heterocycles. The molecule has 1 atom stereocenters. The maximum absolute atomic E-state index is 12.7. The second-order valence-corrected chi connectivity index (χ2v) is 5.34. The molecule has 0 saturated carbocycles. The molecule has 5 nitrogen and oxygen atoms in total. The van der Waals surface area contributed by atoms with Crippen molar-refractivity contribution in [2.24, 2.45) is 0 Å². The van der Waals surface area contributed by atoms with Gasteiger partial charge in [-0.3, -0.25) is 4.79 Å². The average Bonchev–Trinajstić information content (AvgIpc) is 2.60. The number of rotatable bonds is 6. The number of hydrogen-bond donors (Lipinski definition) is 0. The van der Waals surface area contributed by atoms with Crippen LogP contribution in [0.5, 0.6) is 11.6 Å². The molecular weight excluding hydrogens is 292 g/mol. The maximum atomic E-state index is 12.7. The predicted molar refractivity (Wildman–Crippen MR) is 89.0 cm³/mol. The van der Waals surface area contributed by atoms with E-state index in [4.69, 9.17) is 9.47 Å². The van der Waals surface area contributed by atoms with E-state index in [2.05, 4.69) is 4.98 Å². The van der Waals surface area contributed by atoms with Crippen molar-refractivity contribution < 1.29 is 14.3 Å². The molecule has 0 radical (unpaired) electrons. The van der Waals surface area contributed by atoms with Crippen LogP contribution in [0.4, 0.5) is 0 Å². The van der Waals surface area contributed by atoms with Crippen molar-refractivity contribution in [1.82, 2.24) is 9.88 Å². The first-order valence-electron chi connectivity index (χ1n) is 7.46. The van der Waals surface area contributed by atoms with E-state index in [0.717, 1.165) is 11.3 Å². The van der Waals surface area contributed by atoms with Gasteiger partial charge in [0.25, 0.3) is 5.91 Å². The third-order valence-electron chi connectivity index (χ3n) is 3.88. The summed E-state index contributed by atoms with van der Waals surface area (Å²) in [7, 11) is 4.95. The van der Waals surface area contributed by atoms with E-state index in [1.54, 1.807) is 37.4 Å². The maximum Gasteiger partial charge on any atom is 0.259 e. The number of aromatic nitrogens is 1. The molecule has 0 spiro atoms.